The predicted molar refractivity (Wildman–Crippen MR) is 105 cm³/mol. The van der Waals surface area contributed by atoms with Crippen LogP contribution in [0.25, 0.3) is 0 Å². The first-order chi connectivity index (χ1) is 12.0. The molecule has 0 radical (unpaired) electrons. The van der Waals surface area contributed by atoms with E-state index >= 15 is 0 Å². The van der Waals surface area contributed by atoms with Gasteiger partial charge >= 0.3 is 0 Å². The molecule has 0 spiro atoms. The average molecular weight is 354 g/mol. The van der Waals surface area contributed by atoms with E-state index in [1.54, 1.807) is 0 Å². The standard InChI is InChI=1S/C19H39N5O/c1-5-20-18(21-15-17(2)23-11-13-25-14-12-23)22-16-19(3,4)24-9-7-6-8-10-24/h17H,5-16H2,1-4H3,(H2,20,21,22). The van der Waals surface area contributed by atoms with Crippen molar-refractivity contribution in [2.24, 2.45) is 4.99 Å². The zero-order chi connectivity index (χ0) is 18.1. The number of ether oxygens (including phenoxy) is 1. The summed E-state index contributed by atoms with van der Waals surface area (Å²) in [6.45, 7) is 17.8. The largest absolute Gasteiger partial charge is 0.379 e. The van der Waals surface area contributed by atoms with Crippen LogP contribution in [-0.4, -0.2) is 86.4 Å². The Balaban J connectivity index is 1.84. The molecule has 2 aliphatic heterocycles. The maximum absolute atomic E-state index is 5.44. The molecule has 2 fully saturated rings. The zero-order valence-corrected chi connectivity index (χ0v) is 16.8. The van der Waals surface area contributed by atoms with Gasteiger partial charge in [-0.3, -0.25) is 14.8 Å². The second-order valence-electron chi connectivity index (χ2n) is 7.93. The van der Waals surface area contributed by atoms with E-state index in [4.69, 9.17) is 9.73 Å². The van der Waals surface area contributed by atoms with Gasteiger partial charge in [0.2, 0.25) is 0 Å². The second-order valence-corrected chi connectivity index (χ2v) is 7.93. The fourth-order valence-corrected chi connectivity index (χ4v) is 3.61. The molecule has 0 saturated carbocycles. The first-order valence-corrected chi connectivity index (χ1v) is 10.1. The van der Waals surface area contributed by atoms with Crippen molar-refractivity contribution >= 4 is 5.96 Å². The van der Waals surface area contributed by atoms with E-state index in [2.05, 4.69) is 48.1 Å². The summed E-state index contributed by atoms with van der Waals surface area (Å²) in [5.41, 5.74) is 0.124. The Morgan fingerprint density at radius 3 is 2.40 bits per heavy atom. The lowest BCUT2D eigenvalue weighted by atomic mass is 9.99. The molecule has 2 N–H and O–H groups in total. The molecule has 25 heavy (non-hydrogen) atoms. The minimum atomic E-state index is 0.124. The molecule has 0 aromatic carbocycles. The maximum Gasteiger partial charge on any atom is 0.191 e. The van der Waals surface area contributed by atoms with Crippen molar-refractivity contribution in [2.75, 3.05) is 59.0 Å². The second kappa shape index (κ2) is 10.3. The summed E-state index contributed by atoms with van der Waals surface area (Å²) in [6, 6.07) is 0.489. The number of morpholine rings is 1. The van der Waals surface area contributed by atoms with E-state index in [1.165, 1.54) is 32.4 Å². The molecular formula is C19H39N5O. The van der Waals surface area contributed by atoms with Crippen LogP contribution in [-0.2, 0) is 4.74 Å². The van der Waals surface area contributed by atoms with Gasteiger partial charge in [-0.05, 0) is 53.6 Å². The van der Waals surface area contributed by atoms with Gasteiger partial charge in [0.25, 0.3) is 0 Å². The van der Waals surface area contributed by atoms with E-state index in [1.807, 2.05) is 0 Å². The molecule has 1 atom stereocenters. The van der Waals surface area contributed by atoms with Gasteiger partial charge in [-0.1, -0.05) is 6.42 Å². The zero-order valence-electron chi connectivity index (χ0n) is 16.8. The van der Waals surface area contributed by atoms with E-state index in [-0.39, 0.29) is 5.54 Å². The molecule has 6 nitrogen and oxygen atoms in total. The normalized spacial score (nSPS) is 22.6. The molecule has 0 aromatic heterocycles. The molecule has 1 unspecified atom stereocenters. The van der Waals surface area contributed by atoms with Crippen molar-refractivity contribution in [2.45, 2.75) is 58.5 Å². The Bertz CT molecular complexity index is 401. The van der Waals surface area contributed by atoms with Gasteiger partial charge in [-0.25, -0.2) is 0 Å². The number of hydrogen-bond donors (Lipinski definition) is 2. The third-order valence-electron chi connectivity index (χ3n) is 5.41. The Morgan fingerprint density at radius 2 is 1.76 bits per heavy atom. The fraction of sp³-hybridized carbons (Fsp3) is 0.947. The number of nitrogens with one attached hydrogen (secondary N) is 2. The van der Waals surface area contributed by atoms with E-state index < -0.39 is 0 Å². The van der Waals surface area contributed by atoms with E-state index in [0.29, 0.717) is 6.04 Å². The van der Waals surface area contributed by atoms with Crippen molar-refractivity contribution in [1.29, 1.82) is 0 Å². The van der Waals surface area contributed by atoms with Crippen LogP contribution >= 0.6 is 0 Å². The van der Waals surface area contributed by atoms with E-state index in [0.717, 1.165) is 51.9 Å². The van der Waals surface area contributed by atoms with Crippen LogP contribution in [0.2, 0.25) is 0 Å². The summed E-state index contributed by atoms with van der Waals surface area (Å²) < 4.78 is 5.44. The Kier molecular flexibility index (Phi) is 8.46. The number of aliphatic imine (C=N–C) groups is 1. The topological polar surface area (TPSA) is 52.1 Å². The van der Waals surface area contributed by atoms with Gasteiger partial charge in [0.15, 0.2) is 5.96 Å². The maximum atomic E-state index is 5.44. The average Bonchev–Trinajstić information content (AvgIpc) is 2.65. The number of piperidine rings is 1. The van der Waals surface area contributed by atoms with Gasteiger partial charge in [0.05, 0.1) is 19.8 Å². The summed E-state index contributed by atoms with van der Waals surface area (Å²) in [5.74, 6) is 0.938. The highest BCUT2D eigenvalue weighted by atomic mass is 16.5. The minimum Gasteiger partial charge on any atom is -0.379 e. The van der Waals surface area contributed by atoms with Crippen LogP contribution < -0.4 is 10.6 Å². The van der Waals surface area contributed by atoms with Crippen LogP contribution in [0.15, 0.2) is 4.99 Å². The molecule has 0 amide bonds. The van der Waals surface area contributed by atoms with Gasteiger partial charge in [0.1, 0.15) is 0 Å². The summed E-state index contributed by atoms with van der Waals surface area (Å²) >= 11 is 0. The van der Waals surface area contributed by atoms with Crippen LogP contribution in [0, 0.1) is 0 Å². The molecule has 2 heterocycles. The number of hydrogen-bond acceptors (Lipinski definition) is 4. The number of rotatable bonds is 7. The predicted octanol–water partition coefficient (Wildman–Crippen LogP) is 1.53. The van der Waals surface area contributed by atoms with Crippen LogP contribution in [0.1, 0.15) is 47.0 Å². The van der Waals surface area contributed by atoms with Crippen molar-refractivity contribution in [3.63, 3.8) is 0 Å². The van der Waals surface area contributed by atoms with Crippen molar-refractivity contribution in [3.8, 4) is 0 Å². The fourth-order valence-electron chi connectivity index (χ4n) is 3.61. The molecule has 2 aliphatic rings. The van der Waals surface area contributed by atoms with Crippen molar-refractivity contribution in [1.82, 2.24) is 20.4 Å². The van der Waals surface area contributed by atoms with Gasteiger partial charge in [0, 0.05) is 37.8 Å². The lowest BCUT2D eigenvalue weighted by molar-refractivity contribution is 0.0211. The van der Waals surface area contributed by atoms with Crippen LogP contribution in [0.3, 0.4) is 0 Å². The van der Waals surface area contributed by atoms with Crippen molar-refractivity contribution in [3.05, 3.63) is 0 Å². The quantitative estimate of drug-likeness (QED) is 0.537. The first kappa shape index (κ1) is 20.5. The third kappa shape index (κ3) is 6.76. The van der Waals surface area contributed by atoms with Gasteiger partial charge in [-0.15, -0.1) is 0 Å². The molecule has 6 heteroatoms. The highest BCUT2D eigenvalue weighted by molar-refractivity contribution is 5.79. The monoisotopic (exact) mass is 353 g/mol. The Hall–Kier alpha value is -0.850. The summed E-state index contributed by atoms with van der Waals surface area (Å²) in [6.07, 6.45) is 4.02. The lowest BCUT2D eigenvalue weighted by Gasteiger charge is -2.40. The molecule has 0 bridgehead atoms. The molecule has 0 aliphatic carbocycles. The van der Waals surface area contributed by atoms with Crippen LogP contribution in [0.4, 0.5) is 0 Å². The summed E-state index contributed by atoms with van der Waals surface area (Å²) in [5, 5.41) is 6.92. The molecule has 0 aromatic rings. The Labute approximate surface area is 154 Å². The molecule has 2 rings (SSSR count). The summed E-state index contributed by atoms with van der Waals surface area (Å²) in [4.78, 5) is 9.97. The van der Waals surface area contributed by atoms with Gasteiger partial charge in [-0.2, -0.15) is 0 Å². The lowest BCUT2D eigenvalue weighted by Crippen LogP contribution is -2.51. The molecule has 2 saturated heterocycles. The molecule has 146 valence electrons. The number of nitrogens with zero attached hydrogens (tertiary/aromatic N) is 3. The van der Waals surface area contributed by atoms with Gasteiger partial charge < -0.3 is 15.4 Å². The summed E-state index contributed by atoms with van der Waals surface area (Å²) in [7, 11) is 0. The highest BCUT2D eigenvalue weighted by Crippen LogP contribution is 2.20. The van der Waals surface area contributed by atoms with Crippen molar-refractivity contribution < 1.29 is 4.74 Å². The van der Waals surface area contributed by atoms with Crippen LogP contribution in [0.5, 0.6) is 0 Å². The highest BCUT2D eigenvalue weighted by Gasteiger charge is 2.27. The van der Waals surface area contributed by atoms with E-state index in [9.17, 15) is 0 Å². The Morgan fingerprint density at radius 1 is 1.08 bits per heavy atom. The minimum absolute atomic E-state index is 0.124. The molecular weight excluding hydrogens is 314 g/mol. The smallest absolute Gasteiger partial charge is 0.191 e. The third-order valence-corrected chi connectivity index (χ3v) is 5.41. The first-order valence-electron chi connectivity index (χ1n) is 10.1. The number of guanidine groups is 1. The SMILES string of the molecule is CCNC(=NCC(C)(C)N1CCCCC1)NCC(C)N1CCOCC1. The number of likely N-dealkylation sites (tertiary alicyclic amines) is 1.